The molecule has 1 aliphatic heterocycles. The molecule has 1 fully saturated rings. The Morgan fingerprint density at radius 2 is 1.55 bits per heavy atom. The third kappa shape index (κ3) is 19.5. The Morgan fingerprint density at radius 3 is 2.14 bits per heavy atom. The van der Waals surface area contributed by atoms with Crippen molar-refractivity contribution in [1.29, 1.82) is 0 Å². The second-order valence-corrected chi connectivity index (χ2v) is 11.7. The smallest absolute Gasteiger partial charge is 0.354 e. The van der Waals surface area contributed by atoms with Crippen LogP contribution in [0.2, 0.25) is 0 Å². The maximum absolute atomic E-state index is 12.6. The van der Waals surface area contributed by atoms with Crippen LogP contribution in [-0.2, 0) is 30.5 Å². The molecule has 1 atom stereocenters. The summed E-state index contributed by atoms with van der Waals surface area (Å²) < 4.78 is 0. The zero-order chi connectivity index (χ0) is 37.0. The van der Waals surface area contributed by atoms with Crippen LogP contribution in [-0.4, -0.2) is 147 Å². The molecule has 19 nitrogen and oxygen atoms in total. The highest BCUT2D eigenvalue weighted by atomic mass is 16.4. The molecule has 0 bridgehead atoms. The van der Waals surface area contributed by atoms with E-state index in [1.807, 2.05) is 30.5 Å². The van der Waals surface area contributed by atoms with E-state index in [4.69, 9.17) is 20.4 Å². The van der Waals surface area contributed by atoms with E-state index >= 15 is 0 Å². The summed E-state index contributed by atoms with van der Waals surface area (Å²) in [7, 11) is 0. The lowest BCUT2D eigenvalue weighted by Gasteiger charge is -2.29. The predicted molar refractivity (Wildman–Crippen MR) is 174 cm³/mol. The van der Waals surface area contributed by atoms with Gasteiger partial charge < -0.3 is 47.0 Å². The molecule has 1 aliphatic rings. The van der Waals surface area contributed by atoms with Crippen molar-refractivity contribution in [2.45, 2.75) is 58.2 Å². The third-order valence-electron chi connectivity index (χ3n) is 6.90. The summed E-state index contributed by atoms with van der Waals surface area (Å²) in [5, 5.41) is 47.5. The zero-order valence-corrected chi connectivity index (χ0v) is 28.0. The van der Waals surface area contributed by atoms with Gasteiger partial charge in [-0.2, -0.15) is 0 Å². The van der Waals surface area contributed by atoms with Gasteiger partial charge in [0.05, 0.1) is 17.8 Å². The fourth-order valence-electron chi connectivity index (χ4n) is 4.34. The van der Waals surface area contributed by atoms with Crippen LogP contribution in [0.4, 0.5) is 4.79 Å². The summed E-state index contributed by atoms with van der Waals surface area (Å²) in [5.74, 6) is -5.02. The number of aromatic carboxylic acids is 1. The summed E-state index contributed by atoms with van der Waals surface area (Å²) in [6.07, 6.45) is -0.293. The number of pyridine rings is 1. The number of hydrogen-bond donors (Lipinski definition) is 9. The van der Waals surface area contributed by atoms with Gasteiger partial charge >= 0.3 is 29.9 Å². The van der Waals surface area contributed by atoms with Crippen molar-refractivity contribution in [3.05, 3.63) is 29.6 Å². The van der Waals surface area contributed by atoms with Gasteiger partial charge in [-0.3, -0.25) is 29.0 Å². The lowest BCUT2D eigenvalue weighted by molar-refractivity contribution is -0.140. The summed E-state index contributed by atoms with van der Waals surface area (Å²) in [4.78, 5) is 85.8. The quantitative estimate of drug-likeness (QED) is 0.0961. The molecule has 4 amide bonds. The van der Waals surface area contributed by atoms with Gasteiger partial charge in [-0.15, -0.1) is 0 Å². The molecule has 1 aromatic heterocycles. The Hall–Kier alpha value is -4.88. The predicted octanol–water partition coefficient (Wildman–Crippen LogP) is -1.40. The number of aliphatic carboxylic acids is 3. The van der Waals surface area contributed by atoms with E-state index < -0.39 is 54.5 Å². The summed E-state index contributed by atoms with van der Waals surface area (Å²) in [6.45, 7) is 10.7. The normalized spacial score (nSPS) is 14.7. The molecule has 9 N–H and O–H groups in total. The molecule has 1 unspecified atom stereocenters. The number of rotatable bonds is 16. The Morgan fingerprint density at radius 1 is 0.898 bits per heavy atom. The molecule has 0 radical (unpaired) electrons. The number of nitrogens with zero attached hydrogens (tertiary/aromatic N) is 3. The van der Waals surface area contributed by atoms with E-state index in [0.29, 0.717) is 31.7 Å². The summed E-state index contributed by atoms with van der Waals surface area (Å²) in [6, 6.07) is 2.67. The minimum absolute atomic E-state index is 0.0399. The van der Waals surface area contributed by atoms with Crippen molar-refractivity contribution in [2.75, 3.05) is 58.9 Å². The first-order chi connectivity index (χ1) is 23.0. The van der Waals surface area contributed by atoms with E-state index in [1.54, 1.807) is 13.0 Å². The largest absolute Gasteiger partial charge is 0.481 e. The fraction of sp³-hybridized carbons (Fsp3) is 0.600. The van der Waals surface area contributed by atoms with Crippen molar-refractivity contribution in [3.8, 4) is 0 Å². The topological polar surface area (TPSA) is 280 Å². The fourth-order valence-corrected chi connectivity index (χ4v) is 4.34. The van der Waals surface area contributed by atoms with Crippen molar-refractivity contribution in [1.82, 2.24) is 41.4 Å². The summed E-state index contributed by atoms with van der Waals surface area (Å²) in [5.41, 5.74) is 0.220. The Balaban J connectivity index is 0.000000598. The second kappa shape index (κ2) is 21.9. The molecule has 0 spiro atoms. The average molecular weight is 697 g/mol. The molecular formula is C30H48N8O11. The van der Waals surface area contributed by atoms with E-state index in [9.17, 15) is 33.6 Å². The van der Waals surface area contributed by atoms with Crippen LogP contribution < -0.4 is 26.6 Å². The van der Waals surface area contributed by atoms with Crippen LogP contribution >= 0.6 is 0 Å². The van der Waals surface area contributed by atoms with E-state index in [1.165, 1.54) is 6.07 Å². The third-order valence-corrected chi connectivity index (χ3v) is 6.90. The SMILES string of the molecule is CCC(=O)NCC(C)(C)NC(=O)CN1CCNCCN(Cc2cccc(C(=O)O)n2)CC1.O=C(O)CCC(NC(=O)NCC(=O)O)C(=O)O. The standard InChI is InChI=1S/C22H36N6O4.C8H12N2O7/c1-4-19(29)24-16-22(2,3)26-20(30)15-28-11-9-23-8-10-27(12-13-28)14-17-6-5-7-18(25-17)21(31)32;11-5(12)2-1-4(7(15)16)10-8(17)9-3-6(13)14/h5-7,23H,4,8-16H2,1-3H3,(H,24,29)(H,26,30)(H,31,32);4H,1-3H2,(H,11,12)(H,13,14)(H,15,16)(H2,9,10,17). The van der Waals surface area contributed by atoms with Crippen molar-refractivity contribution in [2.24, 2.45) is 0 Å². The Kier molecular flexibility index (Phi) is 18.8. The second-order valence-electron chi connectivity index (χ2n) is 11.7. The van der Waals surface area contributed by atoms with E-state index in [-0.39, 0.29) is 30.5 Å². The number of carboxylic acids is 4. The molecule has 0 aromatic carbocycles. The highest BCUT2D eigenvalue weighted by Gasteiger charge is 2.23. The minimum atomic E-state index is -1.39. The molecule has 2 rings (SSSR count). The van der Waals surface area contributed by atoms with Gasteiger partial charge in [0.2, 0.25) is 11.8 Å². The molecular weight excluding hydrogens is 648 g/mol. The van der Waals surface area contributed by atoms with Crippen molar-refractivity contribution in [3.63, 3.8) is 0 Å². The minimum Gasteiger partial charge on any atom is -0.481 e. The molecule has 19 heteroatoms. The van der Waals surface area contributed by atoms with Gasteiger partial charge in [0.15, 0.2) is 0 Å². The first-order valence-corrected chi connectivity index (χ1v) is 15.6. The number of carbonyl (C=O) groups excluding carboxylic acids is 3. The van der Waals surface area contributed by atoms with Crippen LogP contribution in [0.5, 0.6) is 0 Å². The maximum Gasteiger partial charge on any atom is 0.354 e. The van der Waals surface area contributed by atoms with Crippen LogP contribution in [0, 0.1) is 0 Å². The molecule has 1 saturated heterocycles. The van der Waals surface area contributed by atoms with Crippen LogP contribution in [0.3, 0.4) is 0 Å². The average Bonchev–Trinajstić information content (AvgIpc) is 3.13. The number of hydrogen-bond acceptors (Lipinski definition) is 11. The Bertz CT molecular complexity index is 1290. The number of aromatic nitrogens is 1. The highest BCUT2D eigenvalue weighted by Crippen LogP contribution is 2.06. The number of carboxylic acid groups (broad SMARTS) is 4. The highest BCUT2D eigenvalue weighted by molar-refractivity contribution is 5.85. The molecule has 0 saturated carbocycles. The lowest BCUT2D eigenvalue weighted by Crippen LogP contribution is -2.54. The first-order valence-electron chi connectivity index (χ1n) is 15.6. The van der Waals surface area contributed by atoms with Gasteiger partial charge in [0.25, 0.3) is 0 Å². The van der Waals surface area contributed by atoms with Gasteiger partial charge in [-0.1, -0.05) is 13.0 Å². The Labute approximate surface area is 283 Å². The van der Waals surface area contributed by atoms with Crippen LogP contribution in [0.1, 0.15) is 56.2 Å². The van der Waals surface area contributed by atoms with Gasteiger partial charge in [-0.25, -0.2) is 19.4 Å². The van der Waals surface area contributed by atoms with Crippen LogP contribution in [0.25, 0.3) is 0 Å². The number of nitrogens with one attached hydrogen (secondary N) is 5. The monoisotopic (exact) mass is 696 g/mol. The molecule has 1 aromatic rings. The van der Waals surface area contributed by atoms with Gasteiger partial charge in [-0.05, 0) is 32.4 Å². The van der Waals surface area contributed by atoms with E-state index in [0.717, 1.165) is 32.7 Å². The molecule has 274 valence electrons. The number of amides is 4. The van der Waals surface area contributed by atoms with Gasteiger partial charge in [0, 0.05) is 65.2 Å². The molecule has 2 heterocycles. The van der Waals surface area contributed by atoms with Crippen molar-refractivity contribution >= 4 is 41.7 Å². The first kappa shape index (κ1) is 42.1. The number of carbonyl (C=O) groups is 7. The van der Waals surface area contributed by atoms with Crippen LogP contribution in [0.15, 0.2) is 18.2 Å². The van der Waals surface area contributed by atoms with E-state index in [2.05, 4.69) is 30.7 Å². The lowest BCUT2D eigenvalue weighted by atomic mass is 10.1. The maximum atomic E-state index is 12.6. The molecule has 0 aliphatic carbocycles. The number of urea groups is 1. The zero-order valence-electron chi connectivity index (χ0n) is 28.0. The van der Waals surface area contributed by atoms with Gasteiger partial charge in [0.1, 0.15) is 18.3 Å². The molecule has 49 heavy (non-hydrogen) atoms. The summed E-state index contributed by atoms with van der Waals surface area (Å²) >= 11 is 0. The van der Waals surface area contributed by atoms with Crippen molar-refractivity contribution < 1.29 is 54.0 Å².